The number of nitrogens with zero attached hydrogens (tertiary/aromatic N) is 1. The van der Waals surface area contributed by atoms with Crippen LogP contribution in [0.5, 0.6) is 0 Å². The molecule has 2 aliphatic rings. The van der Waals surface area contributed by atoms with Crippen molar-refractivity contribution in [2.45, 2.75) is 43.9 Å². The molecule has 0 N–H and O–H groups in total. The quantitative estimate of drug-likeness (QED) is 0.732. The number of hydrogen-bond donors (Lipinski definition) is 0. The maximum absolute atomic E-state index is 12.8. The number of carbonyl (C=O) groups is 1. The molecule has 3 heterocycles. The number of fused-ring (bicyclic) bond motifs is 1. The Balaban J connectivity index is 1.72. The molecule has 1 saturated heterocycles. The molecule has 1 aromatic rings. The highest BCUT2D eigenvalue weighted by Crippen LogP contribution is 2.33. The maximum atomic E-state index is 12.8. The predicted octanol–water partition coefficient (Wildman–Crippen LogP) is 4.32. The average molecular weight is 374 g/mol. The summed E-state index contributed by atoms with van der Waals surface area (Å²) in [4.78, 5) is 17.3. The highest BCUT2D eigenvalue weighted by molar-refractivity contribution is 9.09. The second-order valence-corrected chi connectivity index (χ2v) is 8.52. The van der Waals surface area contributed by atoms with E-state index in [-0.39, 0.29) is 5.91 Å². The van der Waals surface area contributed by atoms with Gasteiger partial charge in [-0.1, -0.05) is 15.9 Å². The van der Waals surface area contributed by atoms with E-state index in [1.807, 2.05) is 11.8 Å². The highest BCUT2D eigenvalue weighted by Gasteiger charge is 2.30. The normalized spacial score (nSPS) is 22.1. The summed E-state index contributed by atoms with van der Waals surface area (Å²) in [5, 5.41) is 1.04. The van der Waals surface area contributed by atoms with E-state index in [2.05, 4.69) is 26.9 Å². The van der Waals surface area contributed by atoms with Crippen LogP contribution in [0.1, 0.15) is 45.8 Å². The Labute approximate surface area is 137 Å². The van der Waals surface area contributed by atoms with Gasteiger partial charge in [0.2, 0.25) is 0 Å². The van der Waals surface area contributed by atoms with Gasteiger partial charge in [0.05, 0.1) is 4.88 Å². The molecule has 110 valence electrons. The number of halogens is 1. The second kappa shape index (κ2) is 6.84. The van der Waals surface area contributed by atoms with Crippen LogP contribution in [0.25, 0.3) is 0 Å². The Hall–Kier alpha value is -0.000000000000000167. The largest absolute Gasteiger partial charge is 0.335 e. The van der Waals surface area contributed by atoms with Crippen molar-refractivity contribution in [2.75, 3.05) is 17.6 Å². The molecule has 0 aliphatic carbocycles. The molecule has 0 bridgehead atoms. The first-order valence-electron chi connectivity index (χ1n) is 7.36. The summed E-state index contributed by atoms with van der Waals surface area (Å²) in [6.07, 6.45) is 5.79. The Morgan fingerprint density at radius 1 is 1.50 bits per heavy atom. The predicted molar refractivity (Wildman–Crippen MR) is 91.3 cm³/mol. The number of thiophene rings is 1. The minimum absolute atomic E-state index is 0.284. The van der Waals surface area contributed by atoms with Gasteiger partial charge in [0.15, 0.2) is 0 Å². The van der Waals surface area contributed by atoms with Crippen molar-refractivity contribution in [2.24, 2.45) is 0 Å². The van der Waals surface area contributed by atoms with Gasteiger partial charge in [-0.2, -0.15) is 11.8 Å². The number of aryl methyl sites for hydroxylation is 1. The fraction of sp³-hybridized carbons (Fsp3) is 0.667. The molecule has 1 fully saturated rings. The van der Waals surface area contributed by atoms with E-state index in [0.29, 0.717) is 6.04 Å². The van der Waals surface area contributed by atoms with Crippen LogP contribution in [0.4, 0.5) is 0 Å². The van der Waals surface area contributed by atoms with Gasteiger partial charge in [-0.3, -0.25) is 4.79 Å². The monoisotopic (exact) mass is 373 g/mol. The van der Waals surface area contributed by atoms with Gasteiger partial charge in [-0.25, -0.2) is 0 Å². The first-order chi connectivity index (χ1) is 9.79. The van der Waals surface area contributed by atoms with E-state index >= 15 is 0 Å². The summed E-state index contributed by atoms with van der Waals surface area (Å²) in [5.74, 6) is 2.58. The Morgan fingerprint density at radius 2 is 2.40 bits per heavy atom. The summed E-state index contributed by atoms with van der Waals surface area (Å²) in [6.45, 7) is 0.948. The molecule has 0 saturated carbocycles. The molecule has 2 aliphatic heterocycles. The number of amides is 1. The van der Waals surface area contributed by atoms with Gasteiger partial charge in [-0.05, 0) is 49.5 Å². The van der Waals surface area contributed by atoms with Crippen LogP contribution in [0, 0.1) is 0 Å². The minimum Gasteiger partial charge on any atom is -0.335 e. The summed E-state index contributed by atoms with van der Waals surface area (Å²) in [5.41, 5.74) is 1.41. The lowest BCUT2D eigenvalue weighted by Gasteiger charge is -2.24. The lowest BCUT2D eigenvalue weighted by atomic mass is 10.1. The summed E-state index contributed by atoms with van der Waals surface area (Å²) in [7, 11) is 0. The molecule has 1 aromatic heterocycles. The van der Waals surface area contributed by atoms with E-state index < -0.39 is 0 Å². The molecule has 0 radical (unpaired) electrons. The molecule has 3 rings (SSSR count). The van der Waals surface area contributed by atoms with Gasteiger partial charge in [-0.15, -0.1) is 11.3 Å². The first kappa shape index (κ1) is 14.9. The van der Waals surface area contributed by atoms with Gasteiger partial charge in [0, 0.05) is 28.5 Å². The summed E-state index contributed by atoms with van der Waals surface area (Å²) >= 11 is 7.22. The molecule has 1 atom stereocenters. The van der Waals surface area contributed by atoms with Crippen LogP contribution < -0.4 is 0 Å². The lowest BCUT2D eigenvalue weighted by molar-refractivity contribution is 0.0735. The SMILES string of the molecule is O=C(c1cc2c(s1)CCSC2)N1CCCC1CCCBr. The molecule has 1 unspecified atom stereocenters. The maximum Gasteiger partial charge on any atom is 0.264 e. The fourth-order valence-electron chi connectivity index (χ4n) is 3.11. The van der Waals surface area contributed by atoms with Gasteiger partial charge >= 0.3 is 0 Å². The number of rotatable bonds is 4. The van der Waals surface area contributed by atoms with E-state index in [4.69, 9.17) is 0 Å². The second-order valence-electron chi connectivity index (χ2n) is 5.49. The zero-order chi connectivity index (χ0) is 13.9. The standard InChI is InChI=1S/C15H20BrNOS2/c16-6-1-3-12-4-2-7-17(12)15(18)14-9-11-10-19-8-5-13(11)20-14/h9,12H,1-8,10H2. The van der Waals surface area contributed by atoms with Crippen LogP contribution in [-0.2, 0) is 12.2 Å². The number of alkyl halides is 1. The van der Waals surface area contributed by atoms with Gasteiger partial charge in [0.1, 0.15) is 0 Å². The number of hydrogen-bond acceptors (Lipinski definition) is 3. The Kier molecular flexibility index (Phi) is 5.10. The van der Waals surface area contributed by atoms with Gasteiger partial charge < -0.3 is 4.90 Å². The third-order valence-corrected chi connectivity index (χ3v) is 6.94. The van der Waals surface area contributed by atoms with Crippen molar-refractivity contribution in [3.8, 4) is 0 Å². The number of carbonyl (C=O) groups excluding carboxylic acids is 1. The zero-order valence-electron chi connectivity index (χ0n) is 11.6. The molecule has 1 amide bonds. The van der Waals surface area contributed by atoms with Crippen molar-refractivity contribution in [3.05, 3.63) is 21.4 Å². The van der Waals surface area contributed by atoms with E-state index in [1.54, 1.807) is 11.3 Å². The minimum atomic E-state index is 0.284. The fourth-order valence-corrected chi connectivity index (χ4v) is 5.76. The smallest absolute Gasteiger partial charge is 0.264 e. The van der Waals surface area contributed by atoms with Crippen LogP contribution in [0.2, 0.25) is 0 Å². The van der Waals surface area contributed by atoms with Crippen LogP contribution in [-0.4, -0.2) is 34.5 Å². The molecular formula is C15H20BrNOS2. The Morgan fingerprint density at radius 3 is 3.20 bits per heavy atom. The first-order valence-corrected chi connectivity index (χ1v) is 10.4. The third kappa shape index (κ3) is 3.09. The Bertz CT molecular complexity index is 465. The van der Waals surface area contributed by atoms with Crippen LogP contribution >= 0.6 is 39.0 Å². The van der Waals surface area contributed by atoms with E-state index in [9.17, 15) is 4.79 Å². The van der Waals surface area contributed by atoms with Crippen molar-refractivity contribution in [1.82, 2.24) is 4.90 Å². The topological polar surface area (TPSA) is 20.3 Å². The van der Waals surface area contributed by atoms with Crippen LogP contribution in [0.15, 0.2) is 6.07 Å². The zero-order valence-corrected chi connectivity index (χ0v) is 14.8. The molecule has 5 heteroatoms. The molecular weight excluding hydrogens is 354 g/mol. The molecule has 20 heavy (non-hydrogen) atoms. The third-order valence-electron chi connectivity index (χ3n) is 4.15. The number of likely N-dealkylation sites (tertiary alicyclic amines) is 1. The van der Waals surface area contributed by atoms with Crippen molar-refractivity contribution in [1.29, 1.82) is 0 Å². The van der Waals surface area contributed by atoms with E-state index in [1.165, 1.54) is 29.0 Å². The van der Waals surface area contributed by atoms with Crippen LogP contribution in [0.3, 0.4) is 0 Å². The molecule has 0 aromatic carbocycles. The van der Waals surface area contributed by atoms with E-state index in [0.717, 1.165) is 41.8 Å². The molecule has 2 nitrogen and oxygen atoms in total. The van der Waals surface area contributed by atoms with Gasteiger partial charge in [0.25, 0.3) is 5.91 Å². The summed E-state index contributed by atoms with van der Waals surface area (Å²) in [6, 6.07) is 2.63. The summed E-state index contributed by atoms with van der Waals surface area (Å²) < 4.78 is 0. The number of thioether (sulfide) groups is 1. The van der Waals surface area contributed by atoms with Crippen molar-refractivity contribution < 1.29 is 4.79 Å². The molecule has 0 spiro atoms. The van der Waals surface area contributed by atoms with Crippen molar-refractivity contribution in [3.63, 3.8) is 0 Å². The average Bonchev–Trinajstić information content (AvgIpc) is 3.10. The lowest BCUT2D eigenvalue weighted by Crippen LogP contribution is -2.35. The highest BCUT2D eigenvalue weighted by atomic mass is 79.9. The van der Waals surface area contributed by atoms with Crippen molar-refractivity contribution >= 4 is 44.9 Å².